The smallest absolute Gasteiger partial charge is 0.407 e. The number of aromatic amines is 2. The molecule has 0 aliphatic heterocycles. The van der Waals surface area contributed by atoms with Gasteiger partial charge in [-0.25, -0.2) is 14.8 Å². The van der Waals surface area contributed by atoms with Crippen LogP contribution in [0.25, 0.3) is 22.5 Å². The molecule has 4 amide bonds. The molecule has 2 heterocycles. The summed E-state index contributed by atoms with van der Waals surface area (Å²) in [5, 5.41) is 5.49. The fourth-order valence-corrected chi connectivity index (χ4v) is 6.32. The van der Waals surface area contributed by atoms with Crippen molar-refractivity contribution in [2.45, 2.75) is 87.5 Å². The number of hydrogen-bond donors (Lipinski definition) is 4. The van der Waals surface area contributed by atoms with Crippen molar-refractivity contribution >= 4 is 23.8 Å². The molecule has 0 saturated heterocycles. The van der Waals surface area contributed by atoms with Crippen LogP contribution in [0.1, 0.15) is 85.1 Å². The summed E-state index contributed by atoms with van der Waals surface area (Å²) in [7, 11) is 1.28. The largest absolute Gasteiger partial charge is 0.453 e. The van der Waals surface area contributed by atoms with Crippen molar-refractivity contribution in [2.24, 2.45) is 23.7 Å². The molecule has 2 aromatic heterocycles. The summed E-state index contributed by atoms with van der Waals surface area (Å²) in [5.74, 6) is 7.50. The van der Waals surface area contributed by atoms with E-state index in [1.54, 1.807) is 22.2 Å². The number of hydrogen-bond acceptors (Lipinski definition) is 7. The maximum Gasteiger partial charge on any atom is 0.407 e. The third-order valence-electron chi connectivity index (χ3n) is 9.16. The summed E-state index contributed by atoms with van der Waals surface area (Å²) in [4.78, 5) is 70.1. The second kappa shape index (κ2) is 22.6. The molecular weight excluding hydrogens is 745 g/mol. The van der Waals surface area contributed by atoms with E-state index in [0.717, 1.165) is 33.6 Å². The number of carbonyl (C=O) groups excluding carboxylic acids is 4. The molecule has 0 saturated carbocycles. The van der Waals surface area contributed by atoms with Gasteiger partial charge in [-0.15, -0.1) is 12.8 Å². The van der Waals surface area contributed by atoms with E-state index in [9.17, 15) is 19.2 Å². The van der Waals surface area contributed by atoms with Crippen molar-refractivity contribution in [2.75, 3.05) is 20.2 Å². The molecule has 4 rings (SSSR count). The summed E-state index contributed by atoms with van der Waals surface area (Å²) in [6.45, 7) is 18.9. The Kier molecular flexibility index (Phi) is 18.0. The van der Waals surface area contributed by atoms with Gasteiger partial charge in [0.15, 0.2) is 0 Å². The van der Waals surface area contributed by atoms with Crippen LogP contribution in [0.15, 0.2) is 60.9 Å². The number of amides is 4. The molecule has 13 nitrogen and oxygen atoms in total. The van der Waals surface area contributed by atoms with Gasteiger partial charge in [0.1, 0.15) is 23.7 Å². The minimum atomic E-state index is -0.723. The Labute approximate surface area is 349 Å². The Morgan fingerprint density at radius 2 is 1.03 bits per heavy atom. The van der Waals surface area contributed by atoms with Crippen LogP contribution in [0.4, 0.5) is 4.79 Å². The summed E-state index contributed by atoms with van der Waals surface area (Å²) in [6.07, 6.45) is 10.9. The molecule has 0 bridgehead atoms. The number of nitrogens with one attached hydrogen (secondary N) is 4. The van der Waals surface area contributed by atoms with Crippen molar-refractivity contribution in [3.63, 3.8) is 0 Å². The van der Waals surface area contributed by atoms with Crippen molar-refractivity contribution in [3.8, 4) is 47.2 Å². The van der Waals surface area contributed by atoms with Crippen LogP contribution in [0, 0.1) is 48.4 Å². The van der Waals surface area contributed by atoms with Gasteiger partial charge in [-0.3, -0.25) is 14.4 Å². The number of ether oxygens (including phenoxy) is 1. The third-order valence-corrected chi connectivity index (χ3v) is 9.16. The molecule has 2 aromatic carbocycles. The SMILES string of the molecule is C#C.COC(=O)NC(C(=O)N(Cc1ncc(-c2ccc(C#Cc3ccc(-c4cnc(CN(CC(C)C)C(=O)C(NC(C)=O)C(C)C)[nH]4)cc3)cc2)[nH]1)CC(C)C)C(C)C. The predicted molar refractivity (Wildman–Crippen MR) is 231 cm³/mol. The minimum absolute atomic E-state index is 0.0542. The fraction of sp³-hybridized carbons (Fsp3) is 0.435. The van der Waals surface area contributed by atoms with E-state index >= 15 is 0 Å². The van der Waals surface area contributed by atoms with Gasteiger partial charge in [-0.2, -0.15) is 0 Å². The highest BCUT2D eigenvalue weighted by Gasteiger charge is 2.31. The maximum atomic E-state index is 13.5. The van der Waals surface area contributed by atoms with Gasteiger partial charge in [0, 0.05) is 31.1 Å². The number of rotatable bonds is 16. The van der Waals surface area contributed by atoms with Crippen LogP contribution in [0.5, 0.6) is 0 Å². The number of methoxy groups -OCH3 is 1. The second-order valence-corrected chi connectivity index (χ2v) is 15.9. The van der Waals surface area contributed by atoms with Gasteiger partial charge >= 0.3 is 6.09 Å². The van der Waals surface area contributed by atoms with Gasteiger partial charge in [0.2, 0.25) is 17.7 Å². The van der Waals surface area contributed by atoms with Gasteiger partial charge in [0.05, 0.1) is 44.0 Å². The summed E-state index contributed by atoms with van der Waals surface area (Å²) < 4.78 is 4.75. The van der Waals surface area contributed by atoms with E-state index in [4.69, 9.17) is 4.74 Å². The van der Waals surface area contributed by atoms with Crippen LogP contribution >= 0.6 is 0 Å². The lowest BCUT2D eigenvalue weighted by atomic mass is 10.0. The highest BCUT2D eigenvalue weighted by molar-refractivity contribution is 5.87. The molecule has 59 heavy (non-hydrogen) atoms. The van der Waals surface area contributed by atoms with Crippen LogP contribution in [-0.2, 0) is 32.2 Å². The van der Waals surface area contributed by atoms with E-state index in [2.05, 4.69) is 69.1 Å². The average molecular weight is 805 g/mol. The topological polar surface area (TPSA) is 165 Å². The molecule has 4 aromatic rings. The number of H-pyrrole nitrogens is 2. The molecule has 0 aliphatic rings. The molecule has 13 heteroatoms. The van der Waals surface area contributed by atoms with Gasteiger partial charge < -0.3 is 35.1 Å². The maximum absolute atomic E-state index is 13.5. The molecule has 0 spiro atoms. The fourth-order valence-electron chi connectivity index (χ4n) is 6.32. The van der Waals surface area contributed by atoms with Gasteiger partial charge in [-0.05, 0) is 59.1 Å². The number of aromatic nitrogens is 4. The summed E-state index contributed by atoms with van der Waals surface area (Å²) in [6, 6.07) is 14.4. The van der Waals surface area contributed by atoms with Crippen LogP contribution in [-0.4, -0.2) is 85.8 Å². The normalized spacial score (nSPS) is 11.9. The Balaban J connectivity index is 0.00000458. The second-order valence-electron chi connectivity index (χ2n) is 15.9. The number of carbonyl (C=O) groups is 4. The lowest BCUT2D eigenvalue weighted by molar-refractivity contribution is -0.138. The molecule has 4 N–H and O–H groups in total. The number of benzene rings is 2. The van der Waals surface area contributed by atoms with E-state index in [-0.39, 0.29) is 47.9 Å². The van der Waals surface area contributed by atoms with Crippen LogP contribution < -0.4 is 10.6 Å². The summed E-state index contributed by atoms with van der Waals surface area (Å²) in [5.41, 5.74) is 5.23. The first-order chi connectivity index (χ1) is 28.0. The molecule has 2 atom stereocenters. The molecule has 0 fully saturated rings. The molecule has 0 aliphatic carbocycles. The van der Waals surface area contributed by atoms with E-state index in [1.165, 1.54) is 14.0 Å². The van der Waals surface area contributed by atoms with Gasteiger partial charge in [-0.1, -0.05) is 91.5 Å². The first-order valence-electron chi connectivity index (χ1n) is 19.9. The predicted octanol–water partition coefficient (Wildman–Crippen LogP) is 6.63. The zero-order valence-electron chi connectivity index (χ0n) is 36.1. The van der Waals surface area contributed by atoms with Crippen molar-refractivity contribution in [1.29, 1.82) is 0 Å². The summed E-state index contributed by atoms with van der Waals surface area (Å²) >= 11 is 0. The zero-order valence-corrected chi connectivity index (χ0v) is 36.1. The quantitative estimate of drug-likeness (QED) is 0.0924. The molecule has 314 valence electrons. The highest BCUT2D eigenvalue weighted by atomic mass is 16.5. The lowest BCUT2D eigenvalue weighted by Crippen LogP contribution is -2.51. The van der Waals surface area contributed by atoms with Gasteiger partial charge in [0.25, 0.3) is 0 Å². The van der Waals surface area contributed by atoms with Crippen molar-refractivity contribution in [1.82, 2.24) is 40.4 Å². The number of terminal acetylenes is 1. The lowest BCUT2D eigenvalue weighted by Gasteiger charge is -2.30. The van der Waals surface area contributed by atoms with Crippen LogP contribution in [0.2, 0.25) is 0 Å². The first-order valence-corrected chi connectivity index (χ1v) is 19.9. The van der Waals surface area contributed by atoms with E-state index < -0.39 is 18.2 Å². The Morgan fingerprint density at radius 3 is 1.36 bits per heavy atom. The van der Waals surface area contributed by atoms with E-state index in [0.29, 0.717) is 31.3 Å². The third kappa shape index (κ3) is 14.2. The Hall–Kier alpha value is -6.34. The zero-order chi connectivity index (χ0) is 43.8. The highest BCUT2D eigenvalue weighted by Crippen LogP contribution is 2.21. The Morgan fingerprint density at radius 1 is 0.661 bits per heavy atom. The molecular formula is C46H60N8O5. The van der Waals surface area contributed by atoms with Crippen LogP contribution in [0.3, 0.4) is 0 Å². The number of alkyl carbamates (subject to hydrolysis) is 1. The van der Waals surface area contributed by atoms with E-state index in [1.807, 2.05) is 90.1 Å². The number of nitrogens with zero attached hydrogens (tertiary/aromatic N) is 4. The minimum Gasteiger partial charge on any atom is -0.453 e. The molecule has 2 unspecified atom stereocenters. The van der Waals surface area contributed by atoms with Crippen molar-refractivity contribution < 1.29 is 23.9 Å². The average Bonchev–Trinajstić information content (AvgIpc) is 3.88. The standard InChI is InChI=1S/C44H58N8O5.C2H2/c1-27(2)23-51(42(54)40(29(5)6)47-31(9)53)25-38-45-21-36(48-38)34-17-13-32(14-18-34)11-12-33-15-19-35(20-16-33)37-22-46-39(49-37)26-52(24-28(3)4)43(55)41(30(7)8)50-44(56)57-10;1-2/h13-22,27-30,40-41H,23-26H2,1-10H3,(H,45,48)(H,46,49)(H,47,53)(H,50,56);1-2H. The first kappa shape index (κ1) is 47.0. The van der Waals surface area contributed by atoms with Crippen molar-refractivity contribution in [3.05, 3.63) is 83.7 Å². The monoisotopic (exact) mass is 804 g/mol. The Bertz CT molecular complexity index is 2070. The molecule has 0 radical (unpaired) electrons. The number of imidazole rings is 2.